The third-order valence-corrected chi connectivity index (χ3v) is 6.78. The Balaban J connectivity index is 1.42. The fourth-order valence-corrected chi connectivity index (χ4v) is 5.11. The molecule has 0 bridgehead atoms. The Bertz CT molecular complexity index is 1200. The highest BCUT2D eigenvalue weighted by molar-refractivity contribution is 5.99. The second-order valence-electron chi connectivity index (χ2n) is 8.75. The molecule has 10 heteroatoms. The number of ether oxygens (including phenoxy) is 1. The van der Waals surface area contributed by atoms with Gasteiger partial charge in [-0.2, -0.15) is 0 Å². The maximum atomic E-state index is 13.8. The molecule has 1 aromatic heterocycles. The van der Waals surface area contributed by atoms with Gasteiger partial charge < -0.3 is 24.6 Å². The van der Waals surface area contributed by atoms with Gasteiger partial charge in [0.25, 0.3) is 11.8 Å². The highest BCUT2D eigenvalue weighted by atomic mass is 19.1. The van der Waals surface area contributed by atoms with E-state index in [0.29, 0.717) is 12.7 Å². The van der Waals surface area contributed by atoms with Crippen molar-refractivity contribution in [3.63, 3.8) is 0 Å². The largest absolute Gasteiger partial charge is 0.503 e. The summed E-state index contributed by atoms with van der Waals surface area (Å²) in [4.78, 5) is 40.3. The lowest BCUT2D eigenvalue weighted by Gasteiger charge is -2.50. The second-order valence-corrected chi connectivity index (χ2v) is 8.75. The van der Waals surface area contributed by atoms with Crippen LogP contribution in [0.3, 0.4) is 0 Å². The number of fused-ring (bicyclic) bond motifs is 4. The molecular weight excluding hydrogens is 436 g/mol. The first kappa shape index (κ1) is 21.6. The van der Waals surface area contributed by atoms with E-state index in [1.54, 1.807) is 4.90 Å². The van der Waals surface area contributed by atoms with Gasteiger partial charge in [-0.25, -0.2) is 8.78 Å². The van der Waals surface area contributed by atoms with Crippen molar-refractivity contribution in [2.24, 2.45) is 5.92 Å². The van der Waals surface area contributed by atoms with Gasteiger partial charge in [-0.05, 0) is 18.9 Å². The molecule has 1 saturated carbocycles. The molecular formula is C23H23F2N3O5. The molecule has 2 N–H and O–H groups in total. The molecule has 3 aliphatic rings. The molecule has 3 atom stereocenters. The van der Waals surface area contributed by atoms with Gasteiger partial charge in [0, 0.05) is 36.3 Å². The van der Waals surface area contributed by atoms with Crippen LogP contribution in [0.2, 0.25) is 0 Å². The second kappa shape index (κ2) is 8.26. The van der Waals surface area contributed by atoms with Crippen molar-refractivity contribution in [2.45, 2.75) is 51.0 Å². The number of nitrogens with one attached hydrogen (secondary N) is 1. The molecule has 1 unspecified atom stereocenters. The van der Waals surface area contributed by atoms with Crippen LogP contribution >= 0.6 is 0 Å². The third-order valence-electron chi connectivity index (χ3n) is 6.78. The molecule has 0 radical (unpaired) electrons. The summed E-state index contributed by atoms with van der Waals surface area (Å²) in [5.74, 6) is -3.47. The average molecular weight is 459 g/mol. The van der Waals surface area contributed by atoms with Gasteiger partial charge >= 0.3 is 0 Å². The number of hydrogen-bond donors (Lipinski definition) is 2. The molecule has 2 amide bonds. The van der Waals surface area contributed by atoms with Gasteiger partial charge in [0.05, 0.1) is 13.2 Å². The van der Waals surface area contributed by atoms with Crippen LogP contribution < -0.4 is 10.7 Å². The van der Waals surface area contributed by atoms with E-state index in [1.165, 1.54) is 16.8 Å². The zero-order chi connectivity index (χ0) is 23.3. The molecule has 1 aromatic carbocycles. The number of nitrogens with zero attached hydrogens (tertiary/aromatic N) is 2. The number of carbonyl (C=O) groups excluding carboxylic acids is 2. The number of amides is 2. The van der Waals surface area contributed by atoms with Crippen LogP contribution in [-0.4, -0.2) is 45.3 Å². The molecule has 174 valence electrons. The first-order valence-corrected chi connectivity index (χ1v) is 11.0. The summed E-state index contributed by atoms with van der Waals surface area (Å²) < 4.78 is 34.2. The lowest BCUT2D eigenvalue weighted by atomic mass is 9.82. The Hall–Kier alpha value is -3.27. The van der Waals surface area contributed by atoms with Crippen LogP contribution in [-0.2, 0) is 17.8 Å². The summed E-state index contributed by atoms with van der Waals surface area (Å²) in [5, 5.41) is 13.0. The molecule has 1 saturated heterocycles. The Labute approximate surface area is 187 Å². The van der Waals surface area contributed by atoms with Gasteiger partial charge in [-0.3, -0.25) is 14.4 Å². The van der Waals surface area contributed by atoms with E-state index in [2.05, 4.69) is 5.32 Å². The lowest BCUT2D eigenvalue weighted by molar-refractivity contribution is -0.149. The van der Waals surface area contributed by atoms with E-state index in [1.807, 2.05) is 0 Å². The molecule has 3 heterocycles. The third kappa shape index (κ3) is 3.68. The Morgan fingerprint density at radius 2 is 2.00 bits per heavy atom. The number of halogens is 2. The van der Waals surface area contributed by atoms with Crippen LogP contribution in [0.25, 0.3) is 0 Å². The fourth-order valence-electron chi connectivity index (χ4n) is 5.11. The minimum absolute atomic E-state index is 0.00170. The van der Waals surface area contributed by atoms with E-state index in [-0.39, 0.29) is 41.9 Å². The molecule has 8 nitrogen and oxygen atoms in total. The fraction of sp³-hybridized carbons (Fsp3) is 0.435. The van der Waals surface area contributed by atoms with E-state index < -0.39 is 40.9 Å². The highest BCUT2D eigenvalue weighted by Crippen LogP contribution is 2.38. The van der Waals surface area contributed by atoms with Gasteiger partial charge in [0.15, 0.2) is 17.7 Å². The van der Waals surface area contributed by atoms with Crippen molar-refractivity contribution >= 4 is 11.8 Å². The zero-order valence-corrected chi connectivity index (χ0v) is 17.7. The molecule has 0 spiro atoms. The Morgan fingerprint density at radius 1 is 1.21 bits per heavy atom. The summed E-state index contributed by atoms with van der Waals surface area (Å²) in [6.07, 6.45) is 4.58. The lowest BCUT2D eigenvalue weighted by Crippen LogP contribution is -2.61. The predicted molar refractivity (Wildman–Crippen MR) is 112 cm³/mol. The standard InChI is InChI=1S/C23H23F2N3O5/c24-14-6-5-12(16(25)7-14)8-26-22(31)15-9-27-10-18-28(23(32)19(27)21(30)20(15)29)17-4-2-1-3-13(17)11-33-18/h5-7,9,13,17-18,30H,1-4,8,10-11H2,(H,26,31)/t13?,17-,18+/m0/s1. The van der Waals surface area contributed by atoms with Crippen molar-refractivity contribution in [3.05, 3.63) is 63.1 Å². The van der Waals surface area contributed by atoms with Crippen LogP contribution in [0.15, 0.2) is 29.2 Å². The monoisotopic (exact) mass is 459 g/mol. The molecule has 1 aliphatic carbocycles. The van der Waals surface area contributed by atoms with Gasteiger partial charge in [-0.15, -0.1) is 0 Å². The first-order chi connectivity index (χ1) is 15.8. The number of carbonyl (C=O) groups is 2. The number of aromatic nitrogens is 1. The van der Waals surface area contributed by atoms with Crippen molar-refractivity contribution in [2.75, 3.05) is 6.61 Å². The van der Waals surface area contributed by atoms with Gasteiger partial charge in [0.2, 0.25) is 5.43 Å². The van der Waals surface area contributed by atoms with E-state index in [9.17, 15) is 28.3 Å². The minimum atomic E-state index is -0.983. The number of benzene rings is 1. The van der Waals surface area contributed by atoms with E-state index in [4.69, 9.17) is 4.74 Å². The summed E-state index contributed by atoms with van der Waals surface area (Å²) in [6, 6.07) is 2.94. The van der Waals surface area contributed by atoms with Crippen LogP contribution in [0, 0.1) is 17.6 Å². The topological polar surface area (TPSA) is 101 Å². The molecule has 2 aliphatic heterocycles. The summed E-state index contributed by atoms with van der Waals surface area (Å²) in [5.41, 5.74) is -1.49. The van der Waals surface area contributed by atoms with Gasteiger partial charge in [0.1, 0.15) is 17.2 Å². The Kier molecular flexibility index (Phi) is 5.40. The zero-order valence-electron chi connectivity index (χ0n) is 17.7. The summed E-state index contributed by atoms with van der Waals surface area (Å²) in [7, 11) is 0. The number of rotatable bonds is 3. The maximum absolute atomic E-state index is 13.8. The number of pyridine rings is 1. The summed E-state index contributed by atoms with van der Waals surface area (Å²) in [6.45, 7) is 0.427. The number of aromatic hydroxyl groups is 1. The van der Waals surface area contributed by atoms with Crippen LogP contribution in [0.4, 0.5) is 8.78 Å². The number of hydrogen-bond acceptors (Lipinski definition) is 5. The highest BCUT2D eigenvalue weighted by Gasteiger charge is 2.46. The SMILES string of the molecule is O=C(NCc1ccc(F)cc1F)c1cn2c(c(O)c1=O)C(=O)N1[C@@H](C2)OCC2CCCC[C@@H]21. The maximum Gasteiger partial charge on any atom is 0.276 e. The molecule has 2 aromatic rings. The average Bonchev–Trinajstić information content (AvgIpc) is 2.80. The smallest absolute Gasteiger partial charge is 0.276 e. The van der Waals surface area contributed by atoms with E-state index >= 15 is 0 Å². The summed E-state index contributed by atoms with van der Waals surface area (Å²) >= 11 is 0. The minimum Gasteiger partial charge on any atom is -0.503 e. The van der Waals surface area contributed by atoms with Gasteiger partial charge in [-0.1, -0.05) is 18.9 Å². The van der Waals surface area contributed by atoms with Crippen LogP contribution in [0.5, 0.6) is 5.75 Å². The molecule has 5 rings (SSSR count). The first-order valence-electron chi connectivity index (χ1n) is 11.0. The van der Waals surface area contributed by atoms with Crippen molar-refractivity contribution in [1.82, 2.24) is 14.8 Å². The molecule has 33 heavy (non-hydrogen) atoms. The molecule has 2 fully saturated rings. The van der Waals surface area contributed by atoms with Crippen molar-refractivity contribution in [3.8, 4) is 5.75 Å². The predicted octanol–water partition coefficient (Wildman–Crippen LogP) is 2.13. The van der Waals surface area contributed by atoms with Crippen LogP contribution in [0.1, 0.15) is 52.1 Å². The van der Waals surface area contributed by atoms with Crippen molar-refractivity contribution < 1.29 is 28.2 Å². The quantitative estimate of drug-likeness (QED) is 0.733. The van der Waals surface area contributed by atoms with E-state index in [0.717, 1.165) is 31.7 Å². The normalized spacial score (nSPS) is 24.0. The van der Waals surface area contributed by atoms with Crippen molar-refractivity contribution in [1.29, 1.82) is 0 Å². The Morgan fingerprint density at radius 3 is 2.79 bits per heavy atom.